The number of hydrogen-bond acceptors (Lipinski definition) is 5. The Morgan fingerprint density at radius 2 is 2.33 bits per heavy atom. The van der Waals surface area contributed by atoms with Gasteiger partial charge in [-0.15, -0.1) is 0 Å². The fraction of sp³-hybridized carbons (Fsp3) is 0.455. The molecule has 0 atom stereocenters. The number of ether oxygens (including phenoxy) is 1. The smallest absolute Gasteiger partial charge is 0.245 e. The Hall–Kier alpha value is -1.53. The highest BCUT2D eigenvalue weighted by Gasteiger charge is 2.01. The van der Waals surface area contributed by atoms with Crippen LogP contribution in [0.3, 0.4) is 0 Å². The molecule has 1 aromatic heterocycles. The molecule has 0 aromatic carbocycles. The molecule has 0 fully saturated rings. The van der Waals surface area contributed by atoms with Gasteiger partial charge in [0.25, 0.3) is 0 Å². The molecule has 6 nitrogen and oxygen atoms in total. The lowest BCUT2D eigenvalue weighted by atomic mass is 10.3. The largest absolute Gasteiger partial charge is 0.396 e. The van der Waals surface area contributed by atoms with Crippen LogP contribution in [0.5, 0.6) is 0 Å². The van der Waals surface area contributed by atoms with Crippen LogP contribution in [0.15, 0.2) is 12.3 Å². The Morgan fingerprint density at radius 1 is 1.56 bits per heavy atom. The van der Waals surface area contributed by atoms with Crippen LogP contribution in [0.2, 0.25) is 5.02 Å². The molecule has 0 saturated carbocycles. The van der Waals surface area contributed by atoms with Gasteiger partial charge in [0.15, 0.2) is 0 Å². The summed E-state index contributed by atoms with van der Waals surface area (Å²) in [6, 6.07) is 1.64. The number of nitrogens with zero attached hydrogens (tertiary/aromatic N) is 1. The molecule has 0 saturated heterocycles. The number of carbonyl (C=O) groups excluding carboxylic acids is 1. The predicted octanol–water partition coefficient (Wildman–Crippen LogP) is 0.882. The van der Waals surface area contributed by atoms with Gasteiger partial charge in [-0.25, -0.2) is 4.98 Å². The number of halogens is 1. The number of nitrogen functional groups attached to an aromatic ring is 1. The quantitative estimate of drug-likeness (QED) is 0.641. The molecule has 0 aliphatic rings. The van der Waals surface area contributed by atoms with E-state index in [9.17, 15) is 4.79 Å². The van der Waals surface area contributed by atoms with Crippen molar-refractivity contribution in [1.82, 2.24) is 10.3 Å². The number of carbonyl (C=O) groups is 1. The van der Waals surface area contributed by atoms with Gasteiger partial charge in [0, 0.05) is 26.4 Å². The molecule has 0 spiro atoms. The summed E-state index contributed by atoms with van der Waals surface area (Å²) in [6.07, 6.45) is 2.29. The minimum absolute atomic E-state index is 0.0825. The zero-order chi connectivity index (χ0) is 13.4. The summed E-state index contributed by atoms with van der Waals surface area (Å²) in [5.74, 6) is 0.476. The Kier molecular flexibility index (Phi) is 6.24. The lowest BCUT2D eigenvalue weighted by molar-refractivity contribution is -0.124. The van der Waals surface area contributed by atoms with Crippen LogP contribution in [-0.4, -0.2) is 37.7 Å². The molecule has 0 aliphatic heterocycles. The molecule has 1 rings (SSSR count). The van der Waals surface area contributed by atoms with Crippen LogP contribution in [-0.2, 0) is 9.53 Å². The normalized spacial score (nSPS) is 10.1. The van der Waals surface area contributed by atoms with Crippen LogP contribution >= 0.6 is 11.6 Å². The molecular formula is C11H17ClN4O2. The van der Waals surface area contributed by atoms with E-state index in [1.54, 1.807) is 6.07 Å². The molecule has 0 unspecified atom stereocenters. The molecule has 18 heavy (non-hydrogen) atoms. The Morgan fingerprint density at radius 3 is 3.00 bits per heavy atom. The number of methoxy groups -OCH3 is 1. The second kappa shape index (κ2) is 7.73. The van der Waals surface area contributed by atoms with Crippen molar-refractivity contribution >= 4 is 29.0 Å². The standard InChI is InChI=1S/C11H17ClN4O2/c1-18-7-10(17)14-3-2-4-15-11-9(13)5-8(12)6-16-11/h5-6H,2-4,7,13H2,1H3,(H,14,17)(H,15,16). The Labute approximate surface area is 111 Å². The monoisotopic (exact) mass is 272 g/mol. The fourth-order valence-electron chi connectivity index (χ4n) is 1.31. The number of aromatic nitrogens is 1. The minimum Gasteiger partial charge on any atom is -0.396 e. The van der Waals surface area contributed by atoms with Crippen molar-refractivity contribution < 1.29 is 9.53 Å². The van der Waals surface area contributed by atoms with E-state index < -0.39 is 0 Å². The summed E-state index contributed by atoms with van der Waals surface area (Å²) in [6.45, 7) is 1.31. The summed E-state index contributed by atoms with van der Waals surface area (Å²) < 4.78 is 4.69. The van der Waals surface area contributed by atoms with Gasteiger partial charge in [0.05, 0.1) is 10.7 Å². The van der Waals surface area contributed by atoms with Crippen molar-refractivity contribution in [1.29, 1.82) is 0 Å². The van der Waals surface area contributed by atoms with Crippen LogP contribution in [0.4, 0.5) is 11.5 Å². The third-order valence-electron chi connectivity index (χ3n) is 2.13. The SMILES string of the molecule is COCC(=O)NCCCNc1ncc(Cl)cc1N. The van der Waals surface area contributed by atoms with Crippen molar-refractivity contribution in [2.75, 3.05) is 37.9 Å². The molecule has 0 radical (unpaired) electrons. The number of nitrogens with one attached hydrogen (secondary N) is 2. The average molecular weight is 273 g/mol. The second-order valence-corrected chi connectivity index (χ2v) is 4.09. The van der Waals surface area contributed by atoms with Crippen molar-refractivity contribution in [2.45, 2.75) is 6.42 Å². The van der Waals surface area contributed by atoms with Crippen LogP contribution in [0.25, 0.3) is 0 Å². The van der Waals surface area contributed by atoms with Crippen molar-refractivity contribution in [2.24, 2.45) is 0 Å². The molecule has 1 heterocycles. The highest BCUT2D eigenvalue weighted by Crippen LogP contribution is 2.18. The van der Waals surface area contributed by atoms with Crippen molar-refractivity contribution in [3.63, 3.8) is 0 Å². The zero-order valence-electron chi connectivity index (χ0n) is 10.2. The van der Waals surface area contributed by atoms with E-state index in [2.05, 4.69) is 15.6 Å². The van der Waals surface area contributed by atoms with E-state index in [0.717, 1.165) is 6.42 Å². The highest BCUT2D eigenvalue weighted by molar-refractivity contribution is 6.30. The van der Waals surface area contributed by atoms with Gasteiger partial charge in [-0.3, -0.25) is 4.79 Å². The predicted molar refractivity (Wildman–Crippen MR) is 71.7 cm³/mol. The molecule has 0 aliphatic carbocycles. The summed E-state index contributed by atoms with van der Waals surface area (Å²) >= 11 is 5.74. The van der Waals surface area contributed by atoms with E-state index >= 15 is 0 Å². The molecule has 4 N–H and O–H groups in total. The summed E-state index contributed by atoms with van der Waals surface area (Å²) in [7, 11) is 1.48. The van der Waals surface area contributed by atoms with Crippen molar-refractivity contribution in [3.8, 4) is 0 Å². The van der Waals surface area contributed by atoms with Gasteiger partial charge in [0.1, 0.15) is 12.4 Å². The Bertz CT molecular complexity index is 401. The number of rotatable bonds is 7. The third kappa shape index (κ3) is 5.20. The zero-order valence-corrected chi connectivity index (χ0v) is 11.0. The van der Waals surface area contributed by atoms with Gasteiger partial charge >= 0.3 is 0 Å². The van der Waals surface area contributed by atoms with Gasteiger partial charge in [-0.1, -0.05) is 11.6 Å². The first kappa shape index (κ1) is 14.5. The fourth-order valence-corrected chi connectivity index (χ4v) is 1.47. The number of pyridine rings is 1. The molecule has 100 valence electrons. The first-order valence-electron chi connectivity index (χ1n) is 5.54. The second-order valence-electron chi connectivity index (χ2n) is 3.65. The van der Waals surface area contributed by atoms with E-state index in [-0.39, 0.29) is 12.5 Å². The first-order valence-corrected chi connectivity index (χ1v) is 5.92. The maximum Gasteiger partial charge on any atom is 0.245 e. The molecule has 1 aromatic rings. The lowest BCUT2D eigenvalue weighted by Crippen LogP contribution is -2.29. The summed E-state index contributed by atoms with van der Waals surface area (Å²) in [5.41, 5.74) is 6.23. The maximum atomic E-state index is 11.1. The van der Waals surface area contributed by atoms with E-state index in [1.807, 2.05) is 0 Å². The van der Waals surface area contributed by atoms with E-state index in [0.29, 0.717) is 29.6 Å². The first-order chi connectivity index (χ1) is 8.63. The van der Waals surface area contributed by atoms with E-state index in [1.165, 1.54) is 13.3 Å². The molecule has 0 bridgehead atoms. The van der Waals surface area contributed by atoms with Gasteiger partial charge in [-0.2, -0.15) is 0 Å². The van der Waals surface area contributed by atoms with Crippen LogP contribution in [0, 0.1) is 0 Å². The number of hydrogen-bond donors (Lipinski definition) is 3. The summed E-state index contributed by atoms with van der Waals surface area (Å²) in [4.78, 5) is 15.1. The number of anilines is 2. The molecule has 1 amide bonds. The Balaban J connectivity index is 2.20. The third-order valence-corrected chi connectivity index (χ3v) is 2.33. The topological polar surface area (TPSA) is 89.3 Å². The van der Waals surface area contributed by atoms with Gasteiger partial charge in [-0.05, 0) is 12.5 Å². The van der Waals surface area contributed by atoms with Crippen molar-refractivity contribution in [3.05, 3.63) is 17.3 Å². The number of nitrogens with two attached hydrogens (primary N) is 1. The highest BCUT2D eigenvalue weighted by atomic mass is 35.5. The molecule has 7 heteroatoms. The lowest BCUT2D eigenvalue weighted by Gasteiger charge is -2.08. The average Bonchev–Trinajstić information content (AvgIpc) is 2.31. The maximum absolute atomic E-state index is 11.1. The molecular weight excluding hydrogens is 256 g/mol. The summed E-state index contributed by atoms with van der Waals surface area (Å²) in [5, 5.41) is 6.29. The minimum atomic E-state index is -0.123. The van der Waals surface area contributed by atoms with Gasteiger partial charge in [0.2, 0.25) is 5.91 Å². The van der Waals surface area contributed by atoms with E-state index in [4.69, 9.17) is 22.1 Å². The van der Waals surface area contributed by atoms with Crippen LogP contribution < -0.4 is 16.4 Å². The number of amides is 1. The van der Waals surface area contributed by atoms with Crippen LogP contribution in [0.1, 0.15) is 6.42 Å². The van der Waals surface area contributed by atoms with Gasteiger partial charge < -0.3 is 21.1 Å².